The Morgan fingerprint density at radius 1 is 1.31 bits per heavy atom. The SMILES string of the molecule is CCCC[C@H](CC)COC(=O)/C=C\C(=O)O. The number of unbranched alkanes of at least 4 members (excludes halogenated alkanes) is 1. The van der Waals surface area contributed by atoms with E-state index in [4.69, 9.17) is 9.84 Å². The number of hydrogen-bond donors (Lipinski definition) is 1. The summed E-state index contributed by atoms with van der Waals surface area (Å²) in [6.07, 6.45) is 5.99. The van der Waals surface area contributed by atoms with Gasteiger partial charge in [0.2, 0.25) is 0 Å². The molecule has 0 amide bonds. The molecule has 1 N–H and O–H groups in total. The number of esters is 1. The minimum Gasteiger partial charge on any atom is -0.478 e. The maximum atomic E-state index is 11.1. The molecule has 0 saturated heterocycles. The van der Waals surface area contributed by atoms with Gasteiger partial charge in [0, 0.05) is 12.2 Å². The number of hydrogen-bond acceptors (Lipinski definition) is 3. The standard InChI is InChI=1S/C12H20O4/c1-3-5-6-10(4-2)9-16-12(15)8-7-11(13)14/h7-8,10H,3-6,9H2,1-2H3,(H,13,14)/b8-7-/t10-/m0/s1. The summed E-state index contributed by atoms with van der Waals surface area (Å²) in [6, 6.07) is 0. The molecule has 1 atom stereocenters. The summed E-state index contributed by atoms with van der Waals surface area (Å²) in [5, 5.41) is 8.31. The zero-order valence-electron chi connectivity index (χ0n) is 9.94. The second kappa shape index (κ2) is 8.95. The van der Waals surface area contributed by atoms with Crippen LogP contribution in [0.4, 0.5) is 0 Å². The van der Waals surface area contributed by atoms with E-state index >= 15 is 0 Å². The van der Waals surface area contributed by atoms with Crippen LogP contribution in [-0.2, 0) is 14.3 Å². The molecule has 0 unspecified atom stereocenters. The molecule has 4 heteroatoms. The summed E-state index contributed by atoms with van der Waals surface area (Å²) in [7, 11) is 0. The Kier molecular flexibility index (Phi) is 8.21. The fourth-order valence-corrected chi connectivity index (χ4v) is 1.29. The number of rotatable bonds is 8. The van der Waals surface area contributed by atoms with Crippen molar-refractivity contribution in [3.63, 3.8) is 0 Å². The maximum absolute atomic E-state index is 11.1. The third-order valence-electron chi connectivity index (χ3n) is 2.37. The van der Waals surface area contributed by atoms with E-state index in [-0.39, 0.29) is 0 Å². The van der Waals surface area contributed by atoms with Crippen LogP contribution in [0.15, 0.2) is 12.2 Å². The Morgan fingerprint density at radius 2 is 2.00 bits per heavy atom. The van der Waals surface area contributed by atoms with Crippen LogP contribution >= 0.6 is 0 Å². The molecule has 0 aliphatic carbocycles. The first-order chi connectivity index (χ1) is 7.60. The van der Waals surface area contributed by atoms with E-state index in [2.05, 4.69) is 13.8 Å². The van der Waals surface area contributed by atoms with Crippen molar-refractivity contribution in [3.05, 3.63) is 12.2 Å². The number of carboxylic acid groups (broad SMARTS) is 1. The average molecular weight is 228 g/mol. The van der Waals surface area contributed by atoms with Gasteiger partial charge in [0.05, 0.1) is 6.61 Å². The van der Waals surface area contributed by atoms with Crippen molar-refractivity contribution >= 4 is 11.9 Å². The Bertz CT molecular complexity index is 245. The molecule has 0 aliphatic heterocycles. The van der Waals surface area contributed by atoms with Crippen LogP contribution in [0.25, 0.3) is 0 Å². The summed E-state index contributed by atoms with van der Waals surface area (Å²) >= 11 is 0. The molecule has 0 rings (SSSR count). The molecule has 4 nitrogen and oxygen atoms in total. The quantitative estimate of drug-likeness (QED) is 0.511. The second-order valence-corrected chi connectivity index (χ2v) is 3.72. The van der Waals surface area contributed by atoms with Crippen LogP contribution < -0.4 is 0 Å². The van der Waals surface area contributed by atoms with E-state index in [0.717, 1.165) is 37.8 Å². The Labute approximate surface area is 96.3 Å². The Balaban J connectivity index is 3.83. The average Bonchev–Trinajstić information content (AvgIpc) is 2.26. The normalized spacial score (nSPS) is 12.6. The highest BCUT2D eigenvalue weighted by atomic mass is 16.5. The van der Waals surface area contributed by atoms with E-state index in [1.165, 1.54) is 0 Å². The number of carbonyl (C=O) groups is 2. The molecule has 0 spiro atoms. The predicted octanol–water partition coefficient (Wildman–Crippen LogP) is 2.39. The minimum absolute atomic E-state index is 0.374. The molecule has 92 valence electrons. The van der Waals surface area contributed by atoms with Gasteiger partial charge in [0.1, 0.15) is 0 Å². The lowest BCUT2D eigenvalue weighted by atomic mass is 10.0. The number of ether oxygens (including phenoxy) is 1. The molecule has 0 aliphatic rings. The first kappa shape index (κ1) is 14.7. The monoisotopic (exact) mass is 228 g/mol. The van der Waals surface area contributed by atoms with Gasteiger partial charge < -0.3 is 9.84 Å². The van der Waals surface area contributed by atoms with E-state index in [1.54, 1.807) is 0 Å². The van der Waals surface area contributed by atoms with Gasteiger partial charge in [-0.05, 0) is 12.3 Å². The molecule has 0 heterocycles. The number of aliphatic carboxylic acids is 1. The third-order valence-corrected chi connectivity index (χ3v) is 2.37. The van der Waals surface area contributed by atoms with Crippen LogP contribution in [0.2, 0.25) is 0 Å². The van der Waals surface area contributed by atoms with E-state index in [1.807, 2.05) is 0 Å². The maximum Gasteiger partial charge on any atom is 0.331 e. The van der Waals surface area contributed by atoms with E-state index < -0.39 is 11.9 Å². The smallest absolute Gasteiger partial charge is 0.331 e. The molecule has 16 heavy (non-hydrogen) atoms. The zero-order chi connectivity index (χ0) is 12.4. The van der Waals surface area contributed by atoms with Gasteiger partial charge in [-0.2, -0.15) is 0 Å². The van der Waals surface area contributed by atoms with Crippen molar-refractivity contribution < 1.29 is 19.4 Å². The van der Waals surface area contributed by atoms with E-state index in [0.29, 0.717) is 12.5 Å². The number of carboxylic acids is 1. The molecule has 0 bridgehead atoms. The van der Waals surface area contributed by atoms with Gasteiger partial charge in [-0.1, -0.05) is 33.1 Å². The molecule has 0 saturated carbocycles. The van der Waals surface area contributed by atoms with Gasteiger partial charge >= 0.3 is 11.9 Å². The van der Waals surface area contributed by atoms with Gasteiger partial charge in [-0.25, -0.2) is 9.59 Å². The zero-order valence-corrected chi connectivity index (χ0v) is 9.94. The van der Waals surface area contributed by atoms with Gasteiger partial charge in [-0.15, -0.1) is 0 Å². The molecule has 0 fully saturated rings. The summed E-state index contributed by atoms with van der Waals surface area (Å²) in [5.74, 6) is -1.35. The van der Waals surface area contributed by atoms with Gasteiger partial charge in [0.25, 0.3) is 0 Å². The molecule has 0 aromatic rings. The lowest BCUT2D eigenvalue weighted by molar-refractivity contribution is -0.140. The summed E-state index contributed by atoms with van der Waals surface area (Å²) < 4.78 is 4.95. The minimum atomic E-state index is -1.14. The first-order valence-electron chi connectivity index (χ1n) is 5.67. The van der Waals surface area contributed by atoms with Crippen LogP contribution in [0, 0.1) is 5.92 Å². The van der Waals surface area contributed by atoms with Gasteiger partial charge in [-0.3, -0.25) is 0 Å². The Morgan fingerprint density at radius 3 is 2.50 bits per heavy atom. The third kappa shape index (κ3) is 8.03. The molecule has 0 radical (unpaired) electrons. The van der Waals surface area contributed by atoms with Crippen molar-refractivity contribution in [1.29, 1.82) is 0 Å². The van der Waals surface area contributed by atoms with Crippen LogP contribution in [0.3, 0.4) is 0 Å². The molecular formula is C12H20O4. The summed E-state index contributed by atoms with van der Waals surface area (Å²) in [5.41, 5.74) is 0. The predicted molar refractivity (Wildman–Crippen MR) is 61.0 cm³/mol. The van der Waals surface area contributed by atoms with Crippen LogP contribution in [0.5, 0.6) is 0 Å². The van der Waals surface area contributed by atoms with Crippen molar-refractivity contribution in [2.24, 2.45) is 5.92 Å². The lowest BCUT2D eigenvalue weighted by Crippen LogP contribution is -2.12. The molecule has 0 aromatic heterocycles. The largest absolute Gasteiger partial charge is 0.478 e. The van der Waals surface area contributed by atoms with Crippen molar-refractivity contribution in [3.8, 4) is 0 Å². The fourth-order valence-electron chi connectivity index (χ4n) is 1.29. The summed E-state index contributed by atoms with van der Waals surface area (Å²) in [6.45, 7) is 4.55. The highest BCUT2D eigenvalue weighted by Gasteiger charge is 2.08. The topological polar surface area (TPSA) is 63.6 Å². The second-order valence-electron chi connectivity index (χ2n) is 3.72. The molecular weight excluding hydrogens is 208 g/mol. The van der Waals surface area contributed by atoms with Crippen molar-refractivity contribution in [2.75, 3.05) is 6.61 Å². The van der Waals surface area contributed by atoms with Gasteiger partial charge in [0.15, 0.2) is 0 Å². The Hall–Kier alpha value is -1.32. The summed E-state index contributed by atoms with van der Waals surface area (Å²) in [4.78, 5) is 21.2. The molecule has 0 aromatic carbocycles. The van der Waals surface area contributed by atoms with Crippen LogP contribution in [0.1, 0.15) is 39.5 Å². The van der Waals surface area contributed by atoms with E-state index in [9.17, 15) is 9.59 Å². The van der Waals surface area contributed by atoms with Crippen LogP contribution in [-0.4, -0.2) is 23.7 Å². The number of carbonyl (C=O) groups excluding carboxylic acids is 1. The first-order valence-corrected chi connectivity index (χ1v) is 5.67. The highest BCUT2D eigenvalue weighted by Crippen LogP contribution is 2.12. The highest BCUT2D eigenvalue weighted by molar-refractivity contribution is 5.90. The fraction of sp³-hybridized carbons (Fsp3) is 0.667. The van der Waals surface area contributed by atoms with Crippen molar-refractivity contribution in [1.82, 2.24) is 0 Å². The van der Waals surface area contributed by atoms with Crippen molar-refractivity contribution in [2.45, 2.75) is 39.5 Å². The lowest BCUT2D eigenvalue weighted by Gasteiger charge is -2.13.